The van der Waals surface area contributed by atoms with Crippen molar-refractivity contribution >= 4 is 27.3 Å². The molecular weight excluding hydrogens is 432 g/mol. The van der Waals surface area contributed by atoms with Gasteiger partial charge in [-0.15, -0.1) is 0 Å². The standard InChI is InChI=1S/C24H33ClN2O3S/c1-5-6-15-30-23-16-19(4)20(18(2)3)17-24(23)31(28,29)27-13-11-26(12-14-27)22-10-8-7-9-21(22)25/h7-10,16-18H,5-6,11-15H2,1-4H3. The Balaban J connectivity index is 1.87. The first-order valence-corrected chi connectivity index (χ1v) is 12.8. The third-order valence-corrected chi connectivity index (χ3v) is 8.00. The molecule has 0 aromatic heterocycles. The summed E-state index contributed by atoms with van der Waals surface area (Å²) in [5, 5.41) is 0.686. The van der Waals surface area contributed by atoms with E-state index < -0.39 is 10.0 Å². The highest BCUT2D eigenvalue weighted by molar-refractivity contribution is 7.89. The summed E-state index contributed by atoms with van der Waals surface area (Å²) in [6.45, 7) is 10.8. The van der Waals surface area contributed by atoms with Crippen molar-refractivity contribution in [1.82, 2.24) is 4.31 Å². The normalized spacial score (nSPS) is 15.5. The number of hydrogen-bond acceptors (Lipinski definition) is 4. The van der Waals surface area contributed by atoms with Crippen molar-refractivity contribution in [2.45, 2.75) is 51.3 Å². The number of benzene rings is 2. The quantitative estimate of drug-likeness (QED) is 0.486. The average molecular weight is 465 g/mol. The minimum absolute atomic E-state index is 0.232. The van der Waals surface area contributed by atoms with E-state index >= 15 is 0 Å². The lowest BCUT2D eigenvalue weighted by atomic mass is 9.98. The summed E-state index contributed by atoms with van der Waals surface area (Å²) in [4.78, 5) is 2.42. The van der Waals surface area contributed by atoms with Crippen molar-refractivity contribution in [3.63, 3.8) is 0 Å². The van der Waals surface area contributed by atoms with Crippen LogP contribution in [0.1, 0.15) is 50.7 Å². The Kier molecular flexibility index (Phi) is 7.89. The molecule has 1 aliphatic heterocycles. The van der Waals surface area contributed by atoms with Crippen molar-refractivity contribution in [3.8, 4) is 5.75 Å². The fraction of sp³-hybridized carbons (Fsp3) is 0.500. The minimum atomic E-state index is -3.67. The van der Waals surface area contributed by atoms with Gasteiger partial charge in [-0.2, -0.15) is 4.31 Å². The number of hydrogen-bond donors (Lipinski definition) is 0. The van der Waals surface area contributed by atoms with Gasteiger partial charge in [-0.3, -0.25) is 0 Å². The topological polar surface area (TPSA) is 49.9 Å². The molecule has 0 amide bonds. The highest BCUT2D eigenvalue weighted by atomic mass is 35.5. The lowest BCUT2D eigenvalue weighted by molar-refractivity contribution is 0.299. The number of ether oxygens (including phenoxy) is 1. The van der Waals surface area contributed by atoms with Crippen molar-refractivity contribution < 1.29 is 13.2 Å². The summed E-state index contributed by atoms with van der Waals surface area (Å²) in [7, 11) is -3.67. The highest BCUT2D eigenvalue weighted by Gasteiger charge is 2.32. The number of rotatable bonds is 8. The van der Waals surface area contributed by atoms with E-state index in [9.17, 15) is 8.42 Å². The molecule has 1 saturated heterocycles. The molecule has 5 nitrogen and oxygen atoms in total. The Labute approximate surface area is 192 Å². The first-order chi connectivity index (χ1) is 14.8. The molecule has 0 saturated carbocycles. The lowest BCUT2D eigenvalue weighted by Crippen LogP contribution is -2.48. The molecule has 0 radical (unpaired) electrons. The zero-order chi connectivity index (χ0) is 22.6. The van der Waals surface area contributed by atoms with E-state index in [2.05, 4.69) is 25.7 Å². The number of piperazine rings is 1. The van der Waals surface area contributed by atoms with Crippen LogP contribution in [0.3, 0.4) is 0 Å². The van der Waals surface area contributed by atoms with Crippen LogP contribution in [0.5, 0.6) is 5.75 Å². The molecule has 1 fully saturated rings. The fourth-order valence-electron chi connectivity index (χ4n) is 3.96. The van der Waals surface area contributed by atoms with E-state index in [1.807, 2.05) is 43.3 Å². The Morgan fingerprint density at radius 1 is 1.10 bits per heavy atom. The van der Waals surface area contributed by atoms with Gasteiger partial charge in [-0.05, 0) is 54.7 Å². The van der Waals surface area contributed by atoms with E-state index in [1.165, 1.54) is 0 Å². The molecule has 3 rings (SSSR count). The van der Waals surface area contributed by atoms with Gasteiger partial charge in [0.05, 0.1) is 17.3 Å². The molecule has 1 aliphatic rings. The first kappa shape index (κ1) is 23.9. The third kappa shape index (κ3) is 5.36. The molecule has 0 bridgehead atoms. The highest BCUT2D eigenvalue weighted by Crippen LogP contribution is 2.34. The molecule has 2 aromatic carbocycles. The predicted molar refractivity (Wildman–Crippen MR) is 128 cm³/mol. The summed E-state index contributed by atoms with van der Waals surface area (Å²) < 4.78 is 34.8. The van der Waals surface area contributed by atoms with Gasteiger partial charge in [0.15, 0.2) is 0 Å². The molecule has 170 valence electrons. The molecule has 31 heavy (non-hydrogen) atoms. The Hall–Kier alpha value is -1.76. The van der Waals surface area contributed by atoms with Gasteiger partial charge in [-0.25, -0.2) is 8.42 Å². The molecule has 0 atom stereocenters. The summed E-state index contributed by atoms with van der Waals surface area (Å²) in [5.74, 6) is 0.694. The maximum absolute atomic E-state index is 13.6. The zero-order valence-electron chi connectivity index (χ0n) is 18.9. The van der Waals surface area contributed by atoms with Crippen molar-refractivity contribution in [1.29, 1.82) is 0 Å². The molecule has 2 aromatic rings. The van der Waals surface area contributed by atoms with E-state index in [0.29, 0.717) is 43.6 Å². The fourth-order valence-corrected chi connectivity index (χ4v) is 5.78. The summed E-state index contributed by atoms with van der Waals surface area (Å²) >= 11 is 6.33. The number of nitrogens with zero attached hydrogens (tertiary/aromatic N) is 2. The lowest BCUT2D eigenvalue weighted by Gasteiger charge is -2.36. The van der Waals surface area contributed by atoms with E-state index in [0.717, 1.165) is 29.7 Å². The number of anilines is 1. The smallest absolute Gasteiger partial charge is 0.246 e. The van der Waals surface area contributed by atoms with E-state index in [4.69, 9.17) is 16.3 Å². The molecule has 1 heterocycles. The SMILES string of the molecule is CCCCOc1cc(C)c(C(C)C)cc1S(=O)(=O)N1CCN(c2ccccc2Cl)CC1. The molecule has 0 N–H and O–H groups in total. The number of halogens is 1. The van der Waals surface area contributed by atoms with Crippen LogP contribution < -0.4 is 9.64 Å². The first-order valence-electron chi connectivity index (χ1n) is 11.0. The van der Waals surface area contributed by atoms with E-state index in [-0.39, 0.29) is 10.8 Å². The number of unbranched alkanes of at least 4 members (excludes halogenated alkanes) is 1. The van der Waals surface area contributed by atoms with Gasteiger partial charge in [0, 0.05) is 26.2 Å². The second-order valence-electron chi connectivity index (χ2n) is 8.35. The van der Waals surface area contributed by atoms with Crippen molar-refractivity contribution in [2.75, 3.05) is 37.7 Å². The van der Waals surface area contributed by atoms with Crippen LogP contribution in [-0.4, -0.2) is 45.5 Å². The van der Waals surface area contributed by atoms with Crippen LogP contribution in [0.25, 0.3) is 0 Å². The van der Waals surface area contributed by atoms with Gasteiger partial charge in [0.25, 0.3) is 0 Å². The molecule has 0 aliphatic carbocycles. The molecule has 0 spiro atoms. The molecule has 0 unspecified atom stereocenters. The van der Waals surface area contributed by atoms with Crippen LogP contribution in [0.15, 0.2) is 41.3 Å². The maximum atomic E-state index is 13.6. The van der Waals surface area contributed by atoms with Gasteiger partial charge in [-0.1, -0.05) is 50.9 Å². The van der Waals surface area contributed by atoms with Crippen LogP contribution in [-0.2, 0) is 10.0 Å². The molecular formula is C24H33ClN2O3S. The predicted octanol–water partition coefficient (Wildman–Crippen LogP) is 5.46. The summed E-state index contributed by atoms with van der Waals surface area (Å²) in [5.41, 5.74) is 3.04. The average Bonchev–Trinajstić information content (AvgIpc) is 2.74. The second-order valence-corrected chi connectivity index (χ2v) is 10.7. The molecule has 7 heteroatoms. The van der Waals surface area contributed by atoms with Crippen LogP contribution in [0.4, 0.5) is 5.69 Å². The van der Waals surface area contributed by atoms with Gasteiger partial charge < -0.3 is 9.64 Å². The van der Waals surface area contributed by atoms with Gasteiger partial charge in [0.1, 0.15) is 10.6 Å². The Morgan fingerprint density at radius 2 is 1.77 bits per heavy atom. The number of sulfonamides is 1. The zero-order valence-corrected chi connectivity index (χ0v) is 20.5. The monoisotopic (exact) mass is 464 g/mol. The van der Waals surface area contributed by atoms with Crippen molar-refractivity contribution in [2.24, 2.45) is 0 Å². The van der Waals surface area contributed by atoms with Crippen LogP contribution in [0.2, 0.25) is 5.02 Å². The summed E-state index contributed by atoms with van der Waals surface area (Å²) in [6, 6.07) is 11.4. The summed E-state index contributed by atoms with van der Waals surface area (Å²) in [6.07, 6.45) is 1.89. The van der Waals surface area contributed by atoms with E-state index in [1.54, 1.807) is 4.31 Å². The van der Waals surface area contributed by atoms with Crippen LogP contribution in [0, 0.1) is 6.92 Å². The van der Waals surface area contributed by atoms with Gasteiger partial charge in [0.2, 0.25) is 10.0 Å². The Morgan fingerprint density at radius 3 is 2.39 bits per heavy atom. The number of para-hydroxylation sites is 1. The van der Waals surface area contributed by atoms with Crippen LogP contribution >= 0.6 is 11.6 Å². The van der Waals surface area contributed by atoms with Crippen molar-refractivity contribution in [3.05, 3.63) is 52.5 Å². The van der Waals surface area contributed by atoms with Gasteiger partial charge >= 0.3 is 0 Å². The minimum Gasteiger partial charge on any atom is -0.492 e. The second kappa shape index (κ2) is 10.2. The largest absolute Gasteiger partial charge is 0.492 e. The third-order valence-electron chi connectivity index (χ3n) is 5.76. The Bertz CT molecular complexity index is 1000. The number of aryl methyl sites for hydroxylation is 1. The maximum Gasteiger partial charge on any atom is 0.246 e.